The molecule has 0 aliphatic carbocycles. The Labute approximate surface area is 116 Å². The van der Waals surface area contributed by atoms with E-state index in [0.717, 1.165) is 24.6 Å². The minimum absolute atomic E-state index is 0.328. The number of rotatable bonds is 3. The van der Waals surface area contributed by atoms with E-state index in [0.29, 0.717) is 6.04 Å². The van der Waals surface area contributed by atoms with Crippen molar-refractivity contribution in [3.05, 3.63) is 36.5 Å². The van der Waals surface area contributed by atoms with Gasteiger partial charge in [-0.3, -0.25) is 0 Å². The van der Waals surface area contributed by atoms with Crippen LogP contribution < -0.4 is 5.32 Å². The molecule has 0 spiro atoms. The lowest BCUT2D eigenvalue weighted by Gasteiger charge is -2.10. The molecule has 0 amide bonds. The van der Waals surface area contributed by atoms with Crippen molar-refractivity contribution in [2.45, 2.75) is 12.5 Å². The fraction of sp³-hybridized carbons (Fsp3) is 0.286. The zero-order chi connectivity index (χ0) is 13.1. The summed E-state index contributed by atoms with van der Waals surface area (Å²) in [4.78, 5) is 7.36. The van der Waals surface area contributed by atoms with Gasteiger partial charge in [-0.1, -0.05) is 41.7 Å². The lowest BCUT2D eigenvalue weighted by atomic mass is 10.2. The lowest BCUT2D eigenvalue weighted by Crippen LogP contribution is -2.23. The van der Waals surface area contributed by atoms with Crippen LogP contribution in [-0.4, -0.2) is 29.0 Å². The molecule has 1 atom stereocenters. The fourth-order valence-electron chi connectivity index (χ4n) is 2.22. The summed E-state index contributed by atoms with van der Waals surface area (Å²) < 4.78 is 0. The Hall–Kier alpha value is -2.06. The van der Waals surface area contributed by atoms with E-state index in [4.69, 9.17) is 5.26 Å². The van der Waals surface area contributed by atoms with Crippen LogP contribution in [0.2, 0.25) is 0 Å². The molecule has 1 unspecified atom stereocenters. The second-order valence-corrected chi connectivity index (χ2v) is 5.60. The van der Waals surface area contributed by atoms with Gasteiger partial charge in [0.1, 0.15) is 0 Å². The first-order valence-corrected chi connectivity index (χ1v) is 7.09. The van der Waals surface area contributed by atoms with Crippen molar-refractivity contribution in [1.29, 1.82) is 5.26 Å². The summed E-state index contributed by atoms with van der Waals surface area (Å²) in [5, 5.41) is 13.2. The first kappa shape index (κ1) is 12.0. The van der Waals surface area contributed by atoms with Gasteiger partial charge in [-0.05, 0) is 12.0 Å². The maximum atomic E-state index is 8.84. The van der Waals surface area contributed by atoms with Crippen LogP contribution in [0.3, 0.4) is 0 Å². The number of thiazole rings is 1. The Morgan fingerprint density at radius 1 is 1.37 bits per heavy atom. The van der Waals surface area contributed by atoms with Gasteiger partial charge in [-0.2, -0.15) is 5.26 Å². The average Bonchev–Trinajstić information content (AvgIpc) is 3.09. The third-order valence-corrected chi connectivity index (χ3v) is 4.20. The van der Waals surface area contributed by atoms with Crippen molar-refractivity contribution in [2.24, 2.45) is 0 Å². The predicted octanol–water partition coefficient (Wildman–Crippen LogP) is 2.78. The van der Waals surface area contributed by atoms with Gasteiger partial charge in [0.25, 0.3) is 0 Å². The molecule has 0 saturated carbocycles. The monoisotopic (exact) mass is 270 g/mol. The van der Waals surface area contributed by atoms with Crippen molar-refractivity contribution >= 4 is 16.5 Å². The molecule has 0 bridgehead atoms. The first-order chi connectivity index (χ1) is 9.35. The summed E-state index contributed by atoms with van der Waals surface area (Å²) in [6.07, 6.45) is 5.08. The molecule has 1 aliphatic heterocycles. The van der Waals surface area contributed by atoms with Gasteiger partial charge in [0.2, 0.25) is 0 Å². The normalized spacial score (nSPS) is 18.3. The molecule has 2 heterocycles. The van der Waals surface area contributed by atoms with Gasteiger partial charge in [0.05, 0.1) is 4.88 Å². The van der Waals surface area contributed by atoms with E-state index in [2.05, 4.69) is 28.6 Å². The highest BCUT2D eigenvalue weighted by atomic mass is 32.1. The third kappa shape index (κ3) is 2.69. The molecule has 4 nitrogen and oxygen atoms in total. The second kappa shape index (κ2) is 5.29. The van der Waals surface area contributed by atoms with Crippen molar-refractivity contribution in [3.8, 4) is 16.6 Å². The van der Waals surface area contributed by atoms with E-state index in [1.807, 2.05) is 24.4 Å². The average molecular weight is 270 g/mol. The van der Waals surface area contributed by atoms with Crippen LogP contribution in [0.4, 0.5) is 5.13 Å². The molecule has 1 fully saturated rings. The van der Waals surface area contributed by atoms with E-state index < -0.39 is 0 Å². The number of nitrogens with one attached hydrogen (secondary N) is 1. The number of hydrogen-bond donors (Lipinski definition) is 1. The van der Waals surface area contributed by atoms with Gasteiger partial charge in [-0.15, -0.1) is 0 Å². The first-order valence-electron chi connectivity index (χ1n) is 6.27. The zero-order valence-electron chi connectivity index (χ0n) is 10.4. The molecular weight excluding hydrogens is 256 g/mol. The van der Waals surface area contributed by atoms with Crippen LogP contribution in [0.15, 0.2) is 36.5 Å². The van der Waals surface area contributed by atoms with Crippen LogP contribution in [-0.2, 0) is 0 Å². The maximum Gasteiger partial charge on any atom is 0.183 e. The summed E-state index contributed by atoms with van der Waals surface area (Å²) in [5.41, 5.74) is 1.19. The second-order valence-electron chi connectivity index (χ2n) is 4.57. The molecule has 1 saturated heterocycles. The maximum absolute atomic E-state index is 8.84. The van der Waals surface area contributed by atoms with Crippen LogP contribution in [0, 0.1) is 11.5 Å². The molecular formula is C14H14N4S. The van der Waals surface area contributed by atoms with Gasteiger partial charge in [0.15, 0.2) is 11.3 Å². The molecule has 1 aromatic heterocycles. The summed E-state index contributed by atoms with van der Waals surface area (Å²) >= 11 is 1.66. The highest BCUT2D eigenvalue weighted by Gasteiger charge is 2.22. The van der Waals surface area contributed by atoms with Crippen molar-refractivity contribution in [2.75, 3.05) is 18.4 Å². The van der Waals surface area contributed by atoms with Crippen LogP contribution in [0.1, 0.15) is 6.42 Å². The lowest BCUT2D eigenvalue weighted by molar-refractivity contribution is 0.482. The topological polar surface area (TPSA) is 52.0 Å². The van der Waals surface area contributed by atoms with Gasteiger partial charge < -0.3 is 10.2 Å². The van der Waals surface area contributed by atoms with E-state index in [1.165, 1.54) is 10.4 Å². The SMILES string of the molecule is N#CN1CCC(Nc2ncc(-c3ccccc3)s2)C1. The Kier molecular flexibility index (Phi) is 3.34. The molecule has 3 rings (SSSR count). The van der Waals surface area contributed by atoms with E-state index in [1.54, 1.807) is 16.2 Å². The van der Waals surface area contributed by atoms with Crippen LogP contribution in [0.5, 0.6) is 0 Å². The smallest absolute Gasteiger partial charge is 0.183 e. The predicted molar refractivity (Wildman–Crippen MR) is 76.8 cm³/mol. The zero-order valence-corrected chi connectivity index (χ0v) is 11.2. The number of likely N-dealkylation sites (tertiary alicyclic amines) is 1. The molecule has 0 radical (unpaired) electrons. The molecule has 2 aromatic rings. The Morgan fingerprint density at radius 2 is 2.21 bits per heavy atom. The van der Waals surface area contributed by atoms with Gasteiger partial charge in [0, 0.05) is 25.3 Å². The number of benzene rings is 1. The quantitative estimate of drug-likeness (QED) is 0.871. The minimum atomic E-state index is 0.328. The fourth-order valence-corrected chi connectivity index (χ4v) is 3.12. The van der Waals surface area contributed by atoms with Gasteiger partial charge >= 0.3 is 0 Å². The molecule has 1 N–H and O–H groups in total. The molecule has 1 aliphatic rings. The summed E-state index contributed by atoms with van der Waals surface area (Å²) in [6.45, 7) is 1.61. The Morgan fingerprint density at radius 3 is 2.95 bits per heavy atom. The minimum Gasteiger partial charge on any atom is -0.357 e. The largest absolute Gasteiger partial charge is 0.357 e. The van der Waals surface area contributed by atoms with Crippen LogP contribution >= 0.6 is 11.3 Å². The number of nitriles is 1. The molecule has 19 heavy (non-hydrogen) atoms. The van der Waals surface area contributed by atoms with Crippen LogP contribution in [0.25, 0.3) is 10.4 Å². The number of aromatic nitrogens is 1. The summed E-state index contributed by atoms with van der Waals surface area (Å²) in [6, 6.07) is 10.6. The van der Waals surface area contributed by atoms with E-state index >= 15 is 0 Å². The summed E-state index contributed by atoms with van der Waals surface area (Å²) in [5.74, 6) is 0. The number of anilines is 1. The molecule has 5 heteroatoms. The molecule has 1 aromatic carbocycles. The number of hydrogen-bond acceptors (Lipinski definition) is 5. The standard InChI is InChI=1S/C14H14N4S/c15-10-18-7-6-12(9-18)17-14-16-8-13(19-14)11-4-2-1-3-5-11/h1-5,8,12H,6-7,9H2,(H,16,17). The third-order valence-electron chi connectivity index (χ3n) is 3.22. The van der Waals surface area contributed by atoms with Crippen molar-refractivity contribution < 1.29 is 0 Å². The van der Waals surface area contributed by atoms with Crippen molar-refractivity contribution in [1.82, 2.24) is 9.88 Å². The Balaban J connectivity index is 1.68. The van der Waals surface area contributed by atoms with Gasteiger partial charge in [-0.25, -0.2) is 4.98 Å². The number of nitrogens with zero attached hydrogens (tertiary/aromatic N) is 3. The Bertz CT molecular complexity index is 587. The summed E-state index contributed by atoms with van der Waals surface area (Å²) in [7, 11) is 0. The van der Waals surface area contributed by atoms with E-state index in [9.17, 15) is 0 Å². The van der Waals surface area contributed by atoms with E-state index in [-0.39, 0.29) is 0 Å². The molecule has 96 valence electrons. The van der Waals surface area contributed by atoms with Crippen molar-refractivity contribution in [3.63, 3.8) is 0 Å². The highest BCUT2D eigenvalue weighted by molar-refractivity contribution is 7.18. The highest BCUT2D eigenvalue weighted by Crippen LogP contribution is 2.29.